The Morgan fingerprint density at radius 3 is 2.85 bits per heavy atom. The Bertz CT molecular complexity index is 522. The second kappa shape index (κ2) is 6.89. The molecule has 0 fully saturated rings. The number of aromatic carboxylic acids is 1. The summed E-state index contributed by atoms with van der Waals surface area (Å²) in [7, 11) is 0. The van der Waals surface area contributed by atoms with Gasteiger partial charge in [0.1, 0.15) is 0 Å². The monoisotopic (exact) mass is 273 g/mol. The minimum absolute atomic E-state index is 0.0883. The van der Waals surface area contributed by atoms with Crippen molar-refractivity contribution in [2.45, 2.75) is 25.7 Å². The van der Waals surface area contributed by atoms with Crippen molar-refractivity contribution in [3.63, 3.8) is 0 Å². The number of amides is 1. The summed E-state index contributed by atoms with van der Waals surface area (Å²) in [5, 5.41) is 11.8. The first kappa shape index (κ1) is 14.3. The maximum Gasteiger partial charge on any atom is 0.335 e. The largest absolute Gasteiger partial charge is 0.478 e. The Labute approximate surface area is 118 Å². The van der Waals surface area contributed by atoms with E-state index in [4.69, 9.17) is 5.11 Å². The quantitative estimate of drug-likeness (QED) is 0.810. The van der Waals surface area contributed by atoms with Gasteiger partial charge < -0.3 is 10.4 Å². The molecule has 1 aromatic carbocycles. The number of carboxylic acid groups (broad SMARTS) is 1. The third-order valence-electron chi connectivity index (χ3n) is 3.53. The number of hydrogen-bond acceptors (Lipinski definition) is 2. The molecule has 1 amide bonds. The van der Waals surface area contributed by atoms with Gasteiger partial charge in [0.25, 0.3) is 0 Å². The summed E-state index contributed by atoms with van der Waals surface area (Å²) < 4.78 is 0. The Balaban J connectivity index is 1.80. The van der Waals surface area contributed by atoms with Crippen molar-refractivity contribution in [1.29, 1.82) is 0 Å². The molecule has 0 bridgehead atoms. The fourth-order valence-electron chi connectivity index (χ4n) is 2.37. The highest BCUT2D eigenvalue weighted by Crippen LogP contribution is 2.17. The number of allylic oxidation sites excluding steroid dienone is 2. The van der Waals surface area contributed by atoms with Crippen LogP contribution < -0.4 is 5.32 Å². The Kier molecular flexibility index (Phi) is 4.93. The van der Waals surface area contributed by atoms with Crippen LogP contribution in [0.25, 0.3) is 0 Å². The van der Waals surface area contributed by atoms with Crippen molar-refractivity contribution < 1.29 is 14.7 Å². The predicted octanol–water partition coefficient (Wildman–Crippen LogP) is 2.40. The number of carbonyl (C=O) groups is 2. The normalized spacial score (nSPS) is 17.7. The molecule has 1 aliphatic rings. The Morgan fingerprint density at radius 1 is 1.30 bits per heavy atom. The summed E-state index contributed by atoms with van der Waals surface area (Å²) in [4.78, 5) is 22.8. The van der Waals surface area contributed by atoms with Crippen molar-refractivity contribution in [2.24, 2.45) is 5.92 Å². The topological polar surface area (TPSA) is 66.4 Å². The van der Waals surface area contributed by atoms with E-state index in [0.29, 0.717) is 13.0 Å². The number of benzene rings is 1. The average molecular weight is 273 g/mol. The smallest absolute Gasteiger partial charge is 0.335 e. The summed E-state index contributed by atoms with van der Waals surface area (Å²) in [6, 6.07) is 6.82. The van der Waals surface area contributed by atoms with Gasteiger partial charge in [0, 0.05) is 12.5 Å². The average Bonchev–Trinajstić information content (AvgIpc) is 2.48. The van der Waals surface area contributed by atoms with Gasteiger partial charge in [-0.15, -0.1) is 0 Å². The van der Waals surface area contributed by atoms with Gasteiger partial charge in [-0.1, -0.05) is 24.3 Å². The zero-order valence-electron chi connectivity index (χ0n) is 11.3. The first-order chi connectivity index (χ1) is 9.66. The molecule has 1 atom stereocenters. The van der Waals surface area contributed by atoms with Crippen LogP contribution in [0.5, 0.6) is 0 Å². The molecule has 4 heteroatoms. The summed E-state index contributed by atoms with van der Waals surface area (Å²) in [6.07, 6.45) is 7.52. The fraction of sp³-hybridized carbons (Fsp3) is 0.375. The molecule has 4 nitrogen and oxygen atoms in total. The van der Waals surface area contributed by atoms with E-state index in [1.54, 1.807) is 18.2 Å². The fourth-order valence-corrected chi connectivity index (χ4v) is 2.37. The van der Waals surface area contributed by atoms with E-state index in [1.165, 1.54) is 0 Å². The van der Waals surface area contributed by atoms with Crippen molar-refractivity contribution in [3.05, 3.63) is 47.5 Å². The van der Waals surface area contributed by atoms with Crippen molar-refractivity contribution >= 4 is 11.9 Å². The minimum atomic E-state index is -0.926. The molecule has 0 heterocycles. The summed E-state index contributed by atoms with van der Waals surface area (Å²) in [5.74, 6) is -0.737. The highest BCUT2D eigenvalue weighted by molar-refractivity contribution is 5.87. The van der Waals surface area contributed by atoms with Gasteiger partial charge in [-0.2, -0.15) is 0 Å². The van der Waals surface area contributed by atoms with E-state index in [1.807, 2.05) is 6.07 Å². The SMILES string of the molecule is O=C(O)c1cccc(CCNC(=O)C2CC=CCC2)c1. The standard InChI is InChI=1S/C16H19NO3/c18-15(13-6-2-1-3-7-13)17-10-9-12-5-4-8-14(11-12)16(19)20/h1-2,4-5,8,11,13H,3,6-7,9-10H2,(H,17,18)(H,19,20). The second-order valence-electron chi connectivity index (χ2n) is 5.03. The first-order valence-electron chi connectivity index (χ1n) is 6.92. The predicted molar refractivity (Wildman–Crippen MR) is 76.6 cm³/mol. The molecule has 0 aromatic heterocycles. The number of nitrogens with one attached hydrogen (secondary N) is 1. The molecule has 1 unspecified atom stereocenters. The lowest BCUT2D eigenvalue weighted by atomic mass is 9.93. The molecule has 20 heavy (non-hydrogen) atoms. The van der Waals surface area contributed by atoms with Crippen molar-refractivity contribution in [2.75, 3.05) is 6.54 Å². The van der Waals surface area contributed by atoms with E-state index >= 15 is 0 Å². The van der Waals surface area contributed by atoms with Crippen LogP contribution >= 0.6 is 0 Å². The lowest BCUT2D eigenvalue weighted by Gasteiger charge is -2.17. The maximum absolute atomic E-state index is 11.9. The highest BCUT2D eigenvalue weighted by Gasteiger charge is 2.17. The van der Waals surface area contributed by atoms with Crippen LogP contribution in [0.2, 0.25) is 0 Å². The molecular formula is C16H19NO3. The molecule has 0 saturated heterocycles. The van der Waals surface area contributed by atoms with E-state index in [2.05, 4.69) is 17.5 Å². The molecule has 0 aliphatic heterocycles. The van der Waals surface area contributed by atoms with Crippen LogP contribution in [0, 0.1) is 5.92 Å². The molecule has 0 radical (unpaired) electrons. The lowest BCUT2D eigenvalue weighted by molar-refractivity contribution is -0.125. The Hall–Kier alpha value is -2.10. The van der Waals surface area contributed by atoms with Gasteiger partial charge in [-0.25, -0.2) is 4.79 Å². The molecule has 2 N–H and O–H groups in total. The molecule has 106 valence electrons. The van der Waals surface area contributed by atoms with E-state index in [9.17, 15) is 9.59 Å². The second-order valence-corrected chi connectivity index (χ2v) is 5.03. The van der Waals surface area contributed by atoms with Crippen molar-refractivity contribution in [3.8, 4) is 0 Å². The van der Waals surface area contributed by atoms with Crippen molar-refractivity contribution in [1.82, 2.24) is 5.32 Å². The number of carbonyl (C=O) groups excluding carboxylic acids is 1. The molecular weight excluding hydrogens is 254 g/mol. The van der Waals surface area contributed by atoms with Gasteiger partial charge in [0.05, 0.1) is 5.56 Å². The van der Waals surface area contributed by atoms with Gasteiger partial charge in [0.2, 0.25) is 5.91 Å². The summed E-state index contributed by atoms with van der Waals surface area (Å²) >= 11 is 0. The third kappa shape index (κ3) is 3.95. The Morgan fingerprint density at radius 2 is 2.15 bits per heavy atom. The first-order valence-corrected chi connectivity index (χ1v) is 6.92. The van der Waals surface area contributed by atoms with Crippen LogP contribution in [0.4, 0.5) is 0 Å². The van der Waals surface area contributed by atoms with Crippen LogP contribution in [0.3, 0.4) is 0 Å². The van der Waals surface area contributed by atoms with Crippen LogP contribution in [-0.4, -0.2) is 23.5 Å². The van der Waals surface area contributed by atoms with Crippen LogP contribution in [0.15, 0.2) is 36.4 Å². The van der Waals surface area contributed by atoms with E-state index in [-0.39, 0.29) is 17.4 Å². The van der Waals surface area contributed by atoms with E-state index < -0.39 is 5.97 Å². The molecule has 0 saturated carbocycles. The van der Waals surface area contributed by atoms with Crippen LogP contribution in [0.1, 0.15) is 35.2 Å². The number of hydrogen-bond donors (Lipinski definition) is 2. The lowest BCUT2D eigenvalue weighted by Crippen LogP contribution is -2.32. The van der Waals surface area contributed by atoms with Gasteiger partial charge in [-0.3, -0.25) is 4.79 Å². The molecule has 2 rings (SSSR count). The van der Waals surface area contributed by atoms with Gasteiger partial charge in [0.15, 0.2) is 0 Å². The van der Waals surface area contributed by atoms with Gasteiger partial charge in [-0.05, 0) is 43.4 Å². The zero-order valence-corrected chi connectivity index (χ0v) is 11.3. The molecule has 1 aliphatic carbocycles. The summed E-state index contributed by atoms with van der Waals surface area (Å²) in [5.41, 5.74) is 1.21. The van der Waals surface area contributed by atoms with E-state index in [0.717, 1.165) is 24.8 Å². The van der Waals surface area contributed by atoms with Crippen LogP contribution in [-0.2, 0) is 11.2 Å². The third-order valence-corrected chi connectivity index (χ3v) is 3.53. The highest BCUT2D eigenvalue weighted by atomic mass is 16.4. The minimum Gasteiger partial charge on any atom is -0.478 e. The zero-order chi connectivity index (χ0) is 14.4. The molecule has 0 spiro atoms. The number of carboxylic acids is 1. The number of rotatable bonds is 5. The summed E-state index contributed by atoms with van der Waals surface area (Å²) in [6.45, 7) is 0.544. The molecule has 1 aromatic rings. The van der Waals surface area contributed by atoms with Gasteiger partial charge >= 0.3 is 5.97 Å². The maximum atomic E-state index is 11.9.